The summed E-state index contributed by atoms with van der Waals surface area (Å²) in [7, 11) is 1.78. The zero-order valence-electron chi connectivity index (χ0n) is 7.60. The van der Waals surface area contributed by atoms with Gasteiger partial charge in [0.1, 0.15) is 6.61 Å². The summed E-state index contributed by atoms with van der Waals surface area (Å²) < 4.78 is 39.1. The van der Waals surface area contributed by atoms with E-state index in [9.17, 15) is 13.2 Å². The van der Waals surface area contributed by atoms with E-state index in [0.717, 1.165) is 0 Å². The van der Waals surface area contributed by atoms with E-state index in [4.69, 9.17) is 5.73 Å². The van der Waals surface area contributed by atoms with E-state index < -0.39 is 12.8 Å². The number of ether oxygens (including phenoxy) is 1. The van der Waals surface area contributed by atoms with Gasteiger partial charge in [0, 0.05) is 19.6 Å². The van der Waals surface area contributed by atoms with Crippen LogP contribution in [0.3, 0.4) is 0 Å². The van der Waals surface area contributed by atoms with Gasteiger partial charge < -0.3 is 15.4 Å². The third kappa shape index (κ3) is 9.59. The van der Waals surface area contributed by atoms with Crippen LogP contribution in [0.1, 0.15) is 0 Å². The summed E-state index contributed by atoms with van der Waals surface area (Å²) in [5.74, 6) is 0. The Morgan fingerprint density at radius 3 is 2.38 bits per heavy atom. The van der Waals surface area contributed by atoms with Crippen LogP contribution in [0.25, 0.3) is 0 Å². The SMILES string of the molecule is CN(CCN)CCOCC(F)(F)F. The molecule has 80 valence electrons. The van der Waals surface area contributed by atoms with Crippen LogP contribution in [-0.2, 0) is 4.74 Å². The molecule has 0 aromatic rings. The topological polar surface area (TPSA) is 38.5 Å². The number of halogens is 3. The van der Waals surface area contributed by atoms with Gasteiger partial charge in [-0.1, -0.05) is 0 Å². The monoisotopic (exact) mass is 200 g/mol. The second kappa shape index (κ2) is 6.17. The van der Waals surface area contributed by atoms with Gasteiger partial charge in [0.05, 0.1) is 6.61 Å². The molecule has 0 aliphatic heterocycles. The molecule has 0 aliphatic rings. The van der Waals surface area contributed by atoms with Crippen molar-refractivity contribution in [2.24, 2.45) is 5.73 Å². The third-order valence-electron chi connectivity index (χ3n) is 1.39. The van der Waals surface area contributed by atoms with Crippen LogP contribution in [0.5, 0.6) is 0 Å². The lowest BCUT2D eigenvalue weighted by molar-refractivity contribution is -0.174. The van der Waals surface area contributed by atoms with Crippen LogP contribution in [0.4, 0.5) is 13.2 Å². The molecule has 0 amide bonds. The van der Waals surface area contributed by atoms with E-state index in [2.05, 4.69) is 4.74 Å². The van der Waals surface area contributed by atoms with E-state index >= 15 is 0 Å². The number of alkyl halides is 3. The van der Waals surface area contributed by atoms with Crippen molar-refractivity contribution >= 4 is 0 Å². The molecule has 0 aromatic heterocycles. The molecule has 0 aliphatic carbocycles. The molecular formula is C7H15F3N2O. The Morgan fingerprint density at radius 1 is 1.31 bits per heavy atom. The van der Waals surface area contributed by atoms with Gasteiger partial charge in [0.15, 0.2) is 0 Å². The number of hydrogen-bond acceptors (Lipinski definition) is 3. The lowest BCUT2D eigenvalue weighted by Gasteiger charge is -2.15. The average Bonchev–Trinajstić information content (AvgIpc) is 1.97. The van der Waals surface area contributed by atoms with Gasteiger partial charge in [-0.15, -0.1) is 0 Å². The fraction of sp³-hybridized carbons (Fsp3) is 1.00. The van der Waals surface area contributed by atoms with Gasteiger partial charge in [0.25, 0.3) is 0 Å². The predicted molar refractivity (Wildman–Crippen MR) is 43.4 cm³/mol. The number of likely N-dealkylation sites (N-methyl/N-ethyl adjacent to an activating group) is 1. The molecular weight excluding hydrogens is 185 g/mol. The highest BCUT2D eigenvalue weighted by atomic mass is 19.4. The molecule has 0 heterocycles. The van der Waals surface area contributed by atoms with Crippen molar-refractivity contribution in [1.82, 2.24) is 4.90 Å². The Kier molecular flexibility index (Phi) is 6.02. The molecule has 0 rings (SSSR count). The second-order valence-corrected chi connectivity index (χ2v) is 2.76. The van der Waals surface area contributed by atoms with Crippen molar-refractivity contribution in [2.45, 2.75) is 6.18 Å². The van der Waals surface area contributed by atoms with Gasteiger partial charge in [-0.05, 0) is 7.05 Å². The number of hydrogen-bond donors (Lipinski definition) is 1. The predicted octanol–water partition coefficient (Wildman–Crippen LogP) is 0.456. The maximum atomic E-state index is 11.6. The zero-order chi connectivity index (χ0) is 10.3. The highest BCUT2D eigenvalue weighted by molar-refractivity contribution is 4.51. The van der Waals surface area contributed by atoms with Crippen LogP contribution in [0.2, 0.25) is 0 Å². The Labute approximate surface area is 75.6 Å². The number of nitrogens with zero attached hydrogens (tertiary/aromatic N) is 1. The molecule has 0 unspecified atom stereocenters. The van der Waals surface area contributed by atoms with Crippen molar-refractivity contribution in [3.05, 3.63) is 0 Å². The first-order chi connectivity index (χ1) is 5.95. The van der Waals surface area contributed by atoms with Gasteiger partial charge in [-0.25, -0.2) is 0 Å². The molecule has 0 fully saturated rings. The van der Waals surface area contributed by atoms with Crippen molar-refractivity contribution in [3.8, 4) is 0 Å². The third-order valence-corrected chi connectivity index (χ3v) is 1.39. The smallest absolute Gasteiger partial charge is 0.371 e. The Bertz CT molecular complexity index is 129. The molecule has 0 radical (unpaired) electrons. The van der Waals surface area contributed by atoms with Gasteiger partial charge in [-0.3, -0.25) is 0 Å². The fourth-order valence-corrected chi connectivity index (χ4v) is 0.740. The average molecular weight is 200 g/mol. The Balaban J connectivity index is 3.25. The first kappa shape index (κ1) is 12.7. The van der Waals surface area contributed by atoms with Crippen molar-refractivity contribution in [2.75, 3.05) is 39.9 Å². The van der Waals surface area contributed by atoms with Crippen LogP contribution in [0.15, 0.2) is 0 Å². The van der Waals surface area contributed by atoms with E-state index in [-0.39, 0.29) is 6.61 Å². The van der Waals surface area contributed by atoms with Gasteiger partial charge in [0.2, 0.25) is 0 Å². The molecule has 0 aromatic carbocycles. The summed E-state index contributed by atoms with van der Waals surface area (Å²) in [6, 6.07) is 0. The second-order valence-electron chi connectivity index (χ2n) is 2.76. The van der Waals surface area contributed by atoms with E-state index in [1.807, 2.05) is 4.90 Å². The summed E-state index contributed by atoms with van der Waals surface area (Å²) >= 11 is 0. The van der Waals surface area contributed by atoms with Gasteiger partial charge in [-0.2, -0.15) is 13.2 Å². The van der Waals surface area contributed by atoms with Crippen molar-refractivity contribution in [1.29, 1.82) is 0 Å². The highest BCUT2D eigenvalue weighted by Gasteiger charge is 2.27. The lowest BCUT2D eigenvalue weighted by Crippen LogP contribution is -2.30. The van der Waals surface area contributed by atoms with Crippen molar-refractivity contribution < 1.29 is 17.9 Å². The quantitative estimate of drug-likeness (QED) is 0.633. The van der Waals surface area contributed by atoms with Crippen LogP contribution in [0, 0.1) is 0 Å². The molecule has 0 saturated heterocycles. The summed E-state index contributed by atoms with van der Waals surface area (Å²) in [4.78, 5) is 1.82. The zero-order valence-corrected chi connectivity index (χ0v) is 7.60. The van der Waals surface area contributed by atoms with E-state index in [1.165, 1.54) is 0 Å². The molecule has 0 spiro atoms. The molecule has 13 heavy (non-hydrogen) atoms. The normalized spacial score (nSPS) is 12.5. The Hall–Kier alpha value is -0.330. The molecule has 6 heteroatoms. The molecule has 2 N–H and O–H groups in total. The largest absolute Gasteiger partial charge is 0.411 e. The van der Waals surface area contributed by atoms with E-state index in [0.29, 0.717) is 19.6 Å². The number of rotatable bonds is 6. The summed E-state index contributed by atoms with van der Waals surface area (Å²) in [5.41, 5.74) is 5.24. The minimum Gasteiger partial charge on any atom is -0.371 e. The van der Waals surface area contributed by atoms with Crippen LogP contribution < -0.4 is 5.73 Å². The maximum Gasteiger partial charge on any atom is 0.411 e. The summed E-state index contributed by atoms with van der Waals surface area (Å²) in [6.45, 7) is 0.526. The van der Waals surface area contributed by atoms with E-state index in [1.54, 1.807) is 7.05 Å². The standard InChI is InChI=1S/C7H15F3N2O/c1-12(3-2-11)4-5-13-6-7(8,9)10/h2-6,11H2,1H3. The lowest BCUT2D eigenvalue weighted by atomic mass is 10.5. The first-order valence-corrected chi connectivity index (χ1v) is 3.99. The molecule has 0 atom stereocenters. The van der Waals surface area contributed by atoms with Gasteiger partial charge >= 0.3 is 6.18 Å². The minimum absolute atomic E-state index is 0.0794. The fourth-order valence-electron chi connectivity index (χ4n) is 0.740. The van der Waals surface area contributed by atoms with Crippen molar-refractivity contribution in [3.63, 3.8) is 0 Å². The molecule has 0 saturated carbocycles. The highest BCUT2D eigenvalue weighted by Crippen LogP contribution is 2.13. The summed E-state index contributed by atoms with van der Waals surface area (Å²) in [5, 5.41) is 0. The Morgan fingerprint density at radius 2 is 1.92 bits per heavy atom. The molecule has 3 nitrogen and oxygen atoms in total. The van der Waals surface area contributed by atoms with Crippen LogP contribution >= 0.6 is 0 Å². The molecule has 0 bridgehead atoms. The summed E-state index contributed by atoms with van der Waals surface area (Å²) in [6.07, 6.45) is -4.23. The number of nitrogens with two attached hydrogens (primary N) is 1. The minimum atomic E-state index is -4.23. The maximum absolute atomic E-state index is 11.6. The first-order valence-electron chi connectivity index (χ1n) is 3.99. The van der Waals surface area contributed by atoms with Crippen LogP contribution in [-0.4, -0.2) is 51.0 Å².